The van der Waals surface area contributed by atoms with Crippen molar-refractivity contribution in [1.82, 2.24) is 14.5 Å². The van der Waals surface area contributed by atoms with Crippen molar-refractivity contribution in [3.8, 4) is 17.0 Å². The molecule has 5 N–H and O–H groups in total. The zero-order valence-electron chi connectivity index (χ0n) is 22.7. The highest BCUT2D eigenvalue weighted by Crippen LogP contribution is 2.51. The number of H-pyrrole nitrogens is 1. The van der Waals surface area contributed by atoms with Gasteiger partial charge in [-0.2, -0.15) is 4.98 Å². The Hall–Kier alpha value is -3.44. The second kappa shape index (κ2) is 12.4. The highest BCUT2D eigenvalue weighted by atomic mass is 35.5. The molecule has 4 rings (SSSR count). The molecular weight excluding hydrogens is 598 g/mol. The monoisotopic (exact) mass is 626 g/mol. The number of para-hydroxylation sites is 1. The molecule has 0 radical (unpaired) electrons. The van der Waals surface area contributed by atoms with Gasteiger partial charge in [0, 0.05) is 11.6 Å². The Morgan fingerprint density at radius 1 is 1.36 bits per heavy atom. The molecule has 2 aromatic heterocycles. The van der Waals surface area contributed by atoms with Gasteiger partial charge in [-0.25, -0.2) is 8.96 Å². The summed E-state index contributed by atoms with van der Waals surface area (Å²) in [5, 5.41) is 24.0. The number of hydrogen-bond donors (Lipinski definition) is 4. The topological polar surface area (TPSA) is 188 Å². The van der Waals surface area contributed by atoms with E-state index in [1.807, 2.05) is 5.38 Å². The summed E-state index contributed by atoms with van der Waals surface area (Å²) < 4.78 is 52.0. The highest BCUT2D eigenvalue weighted by molar-refractivity contribution is 7.54. The third kappa shape index (κ3) is 6.47. The van der Waals surface area contributed by atoms with Gasteiger partial charge in [-0.15, -0.1) is 0 Å². The minimum absolute atomic E-state index is 0.184. The van der Waals surface area contributed by atoms with Gasteiger partial charge in [-0.3, -0.25) is 23.7 Å². The predicted molar refractivity (Wildman–Crippen MR) is 149 cm³/mol. The van der Waals surface area contributed by atoms with Gasteiger partial charge in [0.15, 0.2) is 17.7 Å². The van der Waals surface area contributed by atoms with Gasteiger partial charge in [-0.05, 0) is 43.5 Å². The van der Waals surface area contributed by atoms with Crippen LogP contribution in [0.5, 0.6) is 5.75 Å². The largest absolute Gasteiger partial charge is 0.463 e. The van der Waals surface area contributed by atoms with E-state index in [2.05, 4.69) is 15.9 Å². The molecule has 1 aromatic carbocycles. The number of esters is 1. The normalized spacial score (nSPS) is 24.1. The fraction of sp³-hybridized carbons (Fsp3) is 0.423. The lowest BCUT2D eigenvalue weighted by Gasteiger charge is -2.26. The van der Waals surface area contributed by atoms with Crippen LogP contribution in [-0.2, 0) is 23.4 Å². The fourth-order valence-corrected chi connectivity index (χ4v) is 6.42. The average Bonchev–Trinajstić information content (AvgIpc) is 3.36. The van der Waals surface area contributed by atoms with E-state index in [4.69, 9.17) is 35.9 Å². The standard InChI is InChI=1S/C26H29ClFN4O9P/c1-14(2)39-23(35)15(3)13-42(37,41-16-7-5-4-6-8-16)38-12-18-20(33)26(36,9-10-27)24(40-18)32-11-17(28)19-21(32)30-25(29)31-22(19)34/h4-8,11,14-15,18,20,24,33,36H,12-13H2,1-3H3,(H3,29,30,31,34)/t15-,18-,20+,24-,26?,42+/m1/s1. The summed E-state index contributed by atoms with van der Waals surface area (Å²) in [6.45, 7) is 4.19. The molecule has 0 bridgehead atoms. The number of halogens is 2. The molecule has 13 nitrogen and oxygen atoms in total. The first kappa shape index (κ1) is 31.5. The van der Waals surface area contributed by atoms with E-state index in [1.54, 1.807) is 32.0 Å². The van der Waals surface area contributed by atoms with Crippen LogP contribution < -0.4 is 15.8 Å². The van der Waals surface area contributed by atoms with Gasteiger partial charge in [0.1, 0.15) is 23.3 Å². The Labute approximate surface area is 244 Å². The van der Waals surface area contributed by atoms with Crippen molar-refractivity contribution in [2.45, 2.75) is 50.9 Å². The number of ether oxygens (including phenoxy) is 2. The number of benzene rings is 1. The number of aliphatic hydroxyl groups excluding tert-OH is 1. The lowest BCUT2D eigenvalue weighted by atomic mass is 9.95. The first-order valence-electron chi connectivity index (χ1n) is 12.7. The third-order valence-corrected chi connectivity index (χ3v) is 8.43. The van der Waals surface area contributed by atoms with Crippen LogP contribution in [0.3, 0.4) is 0 Å². The zero-order chi connectivity index (χ0) is 30.8. The first-order chi connectivity index (χ1) is 19.8. The SMILES string of the molecule is CC(C)OC(=O)[C@H](C)C[P@](=O)(OC[C@H]1O[C@@H](n2cc(F)c3c(=O)[nH]c(N)nc32)C(O)(C#CCl)[C@H]1O)Oc1ccccc1. The molecule has 226 valence electrons. The van der Waals surface area contributed by atoms with Crippen molar-refractivity contribution in [3.05, 3.63) is 52.7 Å². The van der Waals surface area contributed by atoms with Crippen molar-refractivity contribution >= 4 is 42.1 Å². The molecule has 1 saturated heterocycles. The van der Waals surface area contributed by atoms with Crippen molar-refractivity contribution in [2.24, 2.45) is 5.92 Å². The molecule has 6 atom stereocenters. The number of nitrogen functional groups attached to an aromatic ring is 1. The third-order valence-electron chi connectivity index (χ3n) is 6.31. The molecule has 0 aliphatic carbocycles. The van der Waals surface area contributed by atoms with Crippen LogP contribution in [0.25, 0.3) is 11.0 Å². The van der Waals surface area contributed by atoms with Crippen molar-refractivity contribution in [1.29, 1.82) is 0 Å². The maximum Gasteiger partial charge on any atom is 0.380 e. The van der Waals surface area contributed by atoms with Crippen molar-refractivity contribution < 1.29 is 42.5 Å². The number of nitrogens with zero attached hydrogens (tertiary/aromatic N) is 2. The minimum Gasteiger partial charge on any atom is -0.463 e. The van der Waals surface area contributed by atoms with Gasteiger partial charge in [0.25, 0.3) is 5.56 Å². The van der Waals surface area contributed by atoms with E-state index in [0.29, 0.717) is 0 Å². The molecule has 42 heavy (non-hydrogen) atoms. The summed E-state index contributed by atoms with van der Waals surface area (Å²) in [7, 11) is -4.15. The summed E-state index contributed by atoms with van der Waals surface area (Å²) in [6.07, 6.45) is -4.97. The molecule has 0 saturated carbocycles. The maximum absolute atomic E-state index is 14.8. The second-order valence-electron chi connectivity index (χ2n) is 9.93. The van der Waals surface area contributed by atoms with E-state index in [0.717, 1.165) is 10.8 Å². The Bertz CT molecular complexity index is 1620. The molecule has 1 aliphatic heterocycles. The quantitative estimate of drug-likeness (QED) is 0.147. The summed E-state index contributed by atoms with van der Waals surface area (Å²) in [4.78, 5) is 30.9. The van der Waals surface area contributed by atoms with Crippen LogP contribution in [0, 0.1) is 23.0 Å². The second-order valence-corrected chi connectivity index (χ2v) is 12.1. The van der Waals surface area contributed by atoms with E-state index < -0.39 is 79.2 Å². The predicted octanol–water partition coefficient (Wildman–Crippen LogP) is 2.51. The van der Waals surface area contributed by atoms with Crippen LogP contribution in [-0.4, -0.2) is 67.4 Å². The first-order valence-corrected chi connectivity index (χ1v) is 14.8. The van der Waals surface area contributed by atoms with Crippen LogP contribution in [0.1, 0.15) is 27.0 Å². The summed E-state index contributed by atoms with van der Waals surface area (Å²) >= 11 is 5.57. The van der Waals surface area contributed by atoms with Gasteiger partial charge < -0.3 is 29.9 Å². The lowest BCUT2D eigenvalue weighted by molar-refractivity contribution is -0.151. The number of fused-ring (bicyclic) bond motifs is 1. The Balaban J connectivity index is 1.64. The average molecular weight is 627 g/mol. The number of carbonyl (C=O) groups excluding carboxylic acids is 1. The summed E-state index contributed by atoms with van der Waals surface area (Å²) in [5.74, 6) is -0.467. The van der Waals surface area contributed by atoms with Gasteiger partial charge in [0.05, 0.1) is 24.8 Å². The zero-order valence-corrected chi connectivity index (χ0v) is 24.3. The lowest BCUT2D eigenvalue weighted by Crippen LogP contribution is -2.46. The van der Waals surface area contributed by atoms with Crippen molar-refractivity contribution in [2.75, 3.05) is 18.5 Å². The van der Waals surface area contributed by atoms with Crippen LogP contribution in [0.4, 0.5) is 10.3 Å². The molecule has 1 fully saturated rings. The van der Waals surface area contributed by atoms with Gasteiger partial charge >= 0.3 is 13.6 Å². The molecule has 1 aliphatic rings. The van der Waals surface area contributed by atoms with E-state index in [1.165, 1.54) is 19.1 Å². The maximum atomic E-state index is 14.8. The Kier molecular flexibility index (Phi) is 9.32. The minimum atomic E-state index is -4.15. The van der Waals surface area contributed by atoms with Crippen molar-refractivity contribution in [3.63, 3.8) is 0 Å². The highest BCUT2D eigenvalue weighted by Gasteiger charge is 2.57. The summed E-state index contributed by atoms with van der Waals surface area (Å²) in [5.41, 5.74) is 1.95. The van der Waals surface area contributed by atoms with E-state index >= 15 is 0 Å². The fourth-order valence-electron chi connectivity index (χ4n) is 4.40. The van der Waals surface area contributed by atoms with Gasteiger partial charge in [-0.1, -0.05) is 25.1 Å². The van der Waals surface area contributed by atoms with E-state index in [9.17, 15) is 28.8 Å². The molecule has 0 spiro atoms. The van der Waals surface area contributed by atoms with Gasteiger partial charge in [0.2, 0.25) is 11.5 Å². The molecular formula is C26H29ClFN4O9P. The number of hydrogen-bond acceptors (Lipinski definition) is 11. The molecule has 16 heteroatoms. The number of rotatable bonds is 10. The number of nitrogens with one attached hydrogen (secondary N) is 1. The molecule has 3 aromatic rings. The molecule has 1 unspecified atom stereocenters. The number of nitrogens with two attached hydrogens (primary N) is 1. The Morgan fingerprint density at radius 3 is 2.69 bits per heavy atom. The number of anilines is 1. The smallest absolute Gasteiger partial charge is 0.380 e. The van der Waals surface area contributed by atoms with E-state index in [-0.39, 0.29) is 17.3 Å². The number of aromatic amines is 1. The van der Waals surface area contributed by atoms with Crippen LogP contribution >= 0.6 is 19.2 Å². The number of carbonyl (C=O) groups is 1. The Morgan fingerprint density at radius 2 is 2.05 bits per heavy atom. The molecule has 3 heterocycles. The molecule has 0 amide bonds. The number of aromatic nitrogens is 3. The van der Waals surface area contributed by atoms with Crippen LogP contribution in [0.2, 0.25) is 0 Å². The number of aliphatic hydroxyl groups is 2. The van der Waals surface area contributed by atoms with Crippen LogP contribution in [0.15, 0.2) is 41.3 Å². The summed E-state index contributed by atoms with van der Waals surface area (Å²) in [6, 6.07) is 8.06.